The molecule has 0 aliphatic rings. The molecule has 0 unspecified atom stereocenters. The van der Waals surface area contributed by atoms with Gasteiger partial charge in [0.15, 0.2) is 0 Å². The van der Waals surface area contributed by atoms with Crippen LogP contribution in [0, 0.1) is 6.92 Å². The summed E-state index contributed by atoms with van der Waals surface area (Å²) >= 11 is 0. The molecule has 0 atom stereocenters. The van der Waals surface area contributed by atoms with Gasteiger partial charge in [-0.25, -0.2) is 19.6 Å². The van der Waals surface area contributed by atoms with Gasteiger partial charge in [0, 0.05) is 30.4 Å². The molecule has 24 heavy (non-hydrogen) atoms. The number of nitrogens with zero attached hydrogens (tertiary/aromatic N) is 7. The van der Waals surface area contributed by atoms with Gasteiger partial charge < -0.3 is 4.57 Å². The smallest absolute Gasteiger partial charge is 0.116 e. The van der Waals surface area contributed by atoms with Crippen molar-refractivity contribution in [3.63, 3.8) is 0 Å². The van der Waals surface area contributed by atoms with Crippen LogP contribution in [0.1, 0.15) is 11.4 Å². The van der Waals surface area contributed by atoms with Crippen molar-refractivity contribution in [3.8, 4) is 16.9 Å². The van der Waals surface area contributed by atoms with Crippen LogP contribution in [0.3, 0.4) is 0 Å². The maximum absolute atomic E-state index is 4.30. The summed E-state index contributed by atoms with van der Waals surface area (Å²) in [4.78, 5) is 12.3. The Balaban J connectivity index is 1.65. The number of rotatable bonds is 4. The summed E-state index contributed by atoms with van der Waals surface area (Å²) in [6.45, 7) is 2.61. The topological polar surface area (TPSA) is 74.3 Å². The third kappa shape index (κ3) is 2.67. The zero-order chi connectivity index (χ0) is 16.4. The van der Waals surface area contributed by atoms with E-state index in [0.717, 1.165) is 28.3 Å². The van der Waals surface area contributed by atoms with E-state index in [9.17, 15) is 0 Å². The normalized spacial score (nSPS) is 10.9. The molecule has 1 aromatic carbocycles. The molecule has 0 spiro atoms. The molecule has 7 nitrogen and oxygen atoms in total. The van der Waals surface area contributed by atoms with Crippen LogP contribution in [-0.4, -0.2) is 34.5 Å². The molecule has 0 aliphatic heterocycles. The number of hydrogen-bond acceptors (Lipinski definition) is 5. The maximum atomic E-state index is 4.30. The monoisotopic (exact) mass is 317 g/mol. The predicted molar refractivity (Wildman–Crippen MR) is 88.5 cm³/mol. The maximum Gasteiger partial charge on any atom is 0.116 e. The van der Waals surface area contributed by atoms with Crippen LogP contribution in [0.5, 0.6) is 0 Å². The quantitative estimate of drug-likeness (QED) is 0.577. The van der Waals surface area contributed by atoms with Crippen LogP contribution in [-0.2, 0) is 6.54 Å². The van der Waals surface area contributed by atoms with E-state index in [-0.39, 0.29) is 0 Å². The van der Waals surface area contributed by atoms with Crippen molar-refractivity contribution in [2.45, 2.75) is 13.5 Å². The molecular formula is C17H15N7. The van der Waals surface area contributed by atoms with E-state index >= 15 is 0 Å². The minimum atomic E-state index is 0.620. The molecule has 7 heteroatoms. The fraction of sp³-hybridized carbons (Fsp3) is 0.118. The van der Waals surface area contributed by atoms with E-state index in [4.69, 9.17) is 0 Å². The average molecular weight is 317 g/mol. The summed E-state index contributed by atoms with van der Waals surface area (Å²) in [6.07, 6.45) is 10.6. The summed E-state index contributed by atoms with van der Waals surface area (Å²) in [5, 5.41) is 8.43. The third-order valence-corrected chi connectivity index (χ3v) is 3.80. The van der Waals surface area contributed by atoms with Crippen molar-refractivity contribution in [1.82, 2.24) is 34.5 Å². The highest BCUT2D eigenvalue weighted by Gasteiger charge is 2.09. The molecule has 0 N–H and O–H groups in total. The highest BCUT2D eigenvalue weighted by molar-refractivity contribution is 5.54. The summed E-state index contributed by atoms with van der Waals surface area (Å²) in [6, 6.07) is 8.20. The van der Waals surface area contributed by atoms with Crippen molar-refractivity contribution in [3.05, 3.63) is 73.0 Å². The molecule has 3 heterocycles. The molecule has 0 amide bonds. The van der Waals surface area contributed by atoms with Gasteiger partial charge in [-0.1, -0.05) is 23.4 Å². The van der Waals surface area contributed by atoms with Crippen LogP contribution >= 0.6 is 0 Å². The molecule has 0 fully saturated rings. The lowest BCUT2D eigenvalue weighted by molar-refractivity contribution is 0.647. The zero-order valence-corrected chi connectivity index (χ0v) is 13.1. The lowest BCUT2D eigenvalue weighted by Crippen LogP contribution is -2.06. The lowest BCUT2D eigenvalue weighted by atomic mass is 10.1. The van der Waals surface area contributed by atoms with Crippen LogP contribution in [0.25, 0.3) is 16.9 Å². The Morgan fingerprint density at radius 2 is 1.92 bits per heavy atom. The number of benzene rings is 1. The van der Waals surface area contributed by atoms with Gasteiger partial charge in [0.25, 0.3) is 0 Å². The molecule has 0 saturated heterocycles. The van der Waals surface area contributed by atoms with Crippen molar-refractivity contribution >= 4 is 0 Å². The first kappa shape index (κ1) is 14.3. The van der Waals surface area contributed by atoms with Crippen molar-refractivity contribution < 1.29 is 0 Å². The van der Waals surface area contributed by atoms with E-state index in [0.29, 0.717) is 6.54 Å². The van der Waals surface area contributed by atoms with E-state index in [1.54, 1.807) is 18.6 Å². The van der Waals surface area contributed by atoms with Gasteiger partial charge in [-0.3, -0.25) is 0 Å². The Labute approximate surface area is 138 Å². The second-order valence-corrected chi connectivity index (χ2v) is 5.40. The molecule has 4 rings (SSSR count). The van der Waals surface area contributed by atoms with Crippen molar-refractivity contribution in [2.24, 2.45) is 0 Å². The Morgan fingerprint density at radius 1 is 1.08 bits per heavy atom. The van der Waals surface area contributed by atoms with Crippen LogP contribution in [0.4, 0.5) is 0 Å². The number of imidazole rings is 1. The summed E-state index contributed by atoms with van der Waals surface area (Å²) in [5.74, 6) is 0.947. The molecule has 0 bridgehead atoms. The fourth-order valence-electron chi connectivity index (χ4n) is 2.63. The Kier molecular flexibility index (Phi) is 3.59. The van der Waals surface area contributed by atoms with E-state index in [1.165, 1.54) is 6.33 Å². The van der Waals surface area contributed by atoms with Crippen LogP contribution in [0.15, 0.2) is 61.6 Å². The molecule has 118 valence electrons. The van der Waals surface area contributed by atoms with Gasteiger partial charge in [-0.2, -0.15) is 0 Å². The number of para-hydroxylation sites is 1. The summed E-state index contributed by atoms with van der Waals surface area (Å²) < 4.78 is 3.88. The standard InChI is InChI=1S/C17H15N7/c1-13-20-6-7-24(13)17-5-3-2-4-14(17)10-23-11-16(21-22-23)15-8-18-12-19-9-15/h2-9,11-12H,10H2,1H3. The van der Waals surface area contributed by atoms with Crippen LogP contribution < -0.4 is 0 Å². The summed E-state index contributed by atoms with van der Waals surface area (Å²) in [5.41, 5.74) is 3.83. The molecule has 4 aromatic rings. The number of aromatic nitrogens is 7. The highest BCUT2D eigenvalue weighted by Crippen LogP contribution is 2.18. The van der Waals surface area contributed by atoms with Crippen molar-refractivity contribution in [2.75, 3.05) is 0 Å². The second-order valence-electron chi connectivity index (χ2n) is 5.40. The van der Waals surface area contributed by atoms with Crippen molar-refractivity contribution in [1.29, 1.82) is 0 Å². The van der Waals surface area contributed by atoms with Gasteiger partial charge >= 0.3 is 0 Å². The van der Waals surface area contributed by atoms with E-state index < -0.39 is 0 Å². The first-order chi connectivity index (χ1) is 11.8. The number of aryl methyl sites for hydroxylation is 1. The highest BCUT2D eigenvalue weighted by atomic mass is 15.4. The minimum absolute atomic E-state index is 0.620. The zero-order valence-electron chi connectivity index (χ0n) is 13.1. The molecular weight excluding hydrogens is 302 g/mol. The Morgan fingerprint density at radius 3 is 2.71 bits per heavy atom. The van der Waals surface area contributed by atoms with E-state index in [2.05, 4.69) is 42.0 Å². The average Bonchev–Trinajstić information content (AvgIpc) is 3.25. The van der Waals surface area contributed by atoms with Gasteiger partial charge in [0.2, 0.25) is 0 Å². The second kappa shape index (κ2) is 6.04. The minimum Gasteiger partial charge on any atom is -0.304 e. The third-order valence-electron chi connectivity index (χ3n) is 3.80. The Hall–Kier alpha value is -3.35. The van der Waals surface area contributed by atoms with Gasteiger partial charge in [-0.15, -0.1) is 5.10 Å². The first-order valence-corrected chi connectivity index (χ1v) is 7.55. The predicted octanol–water partition coefficient (Wildman–Crippen LogP) is 2.28. The lowest BCUT2D eigenvalue weighted by Gasteiger charge is -2.11. The molecule has 3 aromatic heterocycles. The van der Waals surface area contributed by atoms with Gasteiger partial charge in [0.05, 0.1) is 18.4 Å². The Bertz CT molecular complexity index is 956. The molecule has 0 radical (unpaired) electrons. The van der Waals surface area contributed by atoms with E-state index in [1.807, 2.05) is 36.1 Å². The summed E-state index contributed by atoms with van der Waals surface area (Å²) in [7, 11) is 0. The van der Waals surface area contributed by atoms with Gasteiger partial charge in [-0.05, 0) is 18.6 Å². The SMILES string of the molecule is Cc1nccn1-c1ccccc1Cn1cc(-c2cncnc2)nn1. The van der Waals surface area contributed by atoms with Gasteiger partial charge in [0.1, 0.15) is 17.8 Å². The van der Waals surface area contributed by atoms with Crippen LogP contribution in [0.2, 0.25) is 0 Å². The molecule has 0 saturated carbocycles. The number of hydrogen-bond donors (Lipinski definition) is 0. The first-order valence-electron chi connectivity index (χ1n) is 7.55. The fourth-order valence-corrected chi connectivity index (χ4v) is 2.63. The molecule has 0 aliphatic carbocycles. The largest absolute Gasteiger partial charge is 0.304 e.